The summed E-state index contributed by atoms with van der Waals surface area (Å²) >= 11 is 0. The van der Waals surface area contributed by atoms with Gasteiger partial charge in [-0.25, -0.2) is 8.42 Å². The summed E-state index contributed by atoms with van der Waals surface area (Å²) < 4.78 is 23.3. The van der Waals surface area contributed by atoms with Crippen LogP contribution in [0.5, 0.6) is 0 Å². The molecule has 4 heteroatoms. The van der Waals surface area contributed by atoms with Crippen LogP contribution >= 0.6 is 0 Å². The van der Waals surface area contributed by atoms with E-state index in [0.29, 0.717) is 0 Å². The van der Waals surface area contributed by atoms with E-state index in [1.807, 2.05) is 6.92 Å². The van der Waals surface area contributed by atoms with Crippen molar-refractivity contribution in [3.05, 3.63) is 29.8 Å². The maximum atomic E-state index is 11.7. The summed E-state index contributed by atoms with van der Waals surface area (Å²) in [4.78, 5) is 0.206. The molecule has 0 aromatic heterocycles. The molecule has 0 unspecified atom stereocenters. The average Bonchev–Trinajstić information content (AvgIpc) is 2.17. The third kappa shape index (κ3) is 1.94. The van der Waals surface area contributed by atoms with Crippen molar-refractivity contribution in [1.82, 2.24) is 0 Å². The zero-order valence-electron chi connectivity index (χ0n) is 8.06. The van der Waals surface area contributed by atoms with Crippen molar-refractivity contribution in [1.29, 1.82) is 5.26 Å². The molecular formula is C10H11NO2S. The summed E-state index contributed by atoms with van der Waals surface area (Å²) in [5.74, 6) is 0. The van der Waals surface area contributed by atoms with Crippen molar-refractivity contribution < 1.29 is 8.42 Å². The van der Waals surface area contributed by atoms with E-state index in [2.05, 4.69) is 0 Å². The highest BCUT2D eigenvalue weighted by atomic mass is 32.2. The topological polar surface area (TPSA) is 57.9 Å². The minimum atomic E-state index is -3.47. The monoisotopic (exact) mass is 209 g/mol. The van der Waals surface area contributed by atoms with Gasteiger partial charge in [-0.1, -0.05) is 17.7 Å². The fourth-order valence-electron chi connectivity index (χ4n) is 1.00. The molecule has 14 heavy (non-hydrogen) atoms. The number of nitrogens with zero attached hydrogens (tertiary/aromatic N) is 1. The van der Waals surface area contributed by atoms with Crippen molar-refractivity contribution in [3.8, 4) is 6.07 Å². The quantitative estimate of drug-likeness (QED) is 0.744. The Balaban J connectivity index is 3.19. The van der Waals surface area contributed by atoms with Gasteiger partial charge < -0.3 is 0 Å². The molecule has 0 saturated carbocycles. The van der Waals surface area contributed by atoms with Crippen molar-refractivity contribution in [2.75, 3.05) is 0 Å². The Morgan fingerprint density at radius 2 is 1.79 bits per heavy atom. The number of nitriles is 1. The van der Waals surface area contributed by atoms with Crippen LogP contribution in [0.2, 0.25) is 0 Å². The van der Waals surface area contributed by atoms with Crippen LogP contribution in [0.25, 0.3) is 0 Å². The Bertz CT molecular complexity index is 454. The predicted octanol–water partition coefficient (Wildman–Crippen LogP) is 1.68. The maximum absolute atomic E-state index is 11.7. The van der Waals surface area contributed by atoms with Crippen molar-refractivity contribution in [2.24, 2.45) is 0 Å². The van der Waals surface area contributed by atoms with Gasteiger partial charge in [-0.2, -0.15) is 5.26 Å². The van der Waals surface area contributed by atoms with Gasteiger partial charge in [0.15, 0.2) is 9.84 Å². The molecule has 1 atom stereocenters. The molecule has 0 aliphatic rings. The van der Waals surface area contributed by atoms with Gasteiger partial charge in [-0.15, -0.1) is 0 Å². The first-order chi connectivity index (χ1) is 6.48. The zero-order chi connectivity index (χ0) is 10.8. The number of hydrogen-bond donors (Lipinski definition) is 0. The third-order valence-electron chi connectivity index (χ3n) is 2.00. The van der Waals surface area contributed by atoms with Crippen LogP contribution in [0.4, 0.5) is 0 Å². The minimum Gasteiger partial charge on any atom is -0.222 e. The van der Waals surface area contributed by atoms with E-state index < -0.39 is 15.1 Å². The second kappa shape index (κ2) is 3.81. The summed E-state index contributed by atoms with van der Waals surface area (Å²) in [5, 5.41) is 7.56. The molecule has 0 aliphatic heterocycles. The molecule has 0 N–H and O–H groups in total. The molecule has 0 fully saturated rings. The number of aryl methyl sites for hydroxylation is 1. The van der Waals surface area contributed by atoms with Gasteiger partial charge >= 0.3 is 0 Å². The fourth-order valence-corrected chi connectivity index (χ4v) is 2.06. The summed E-state index contributed by atoms with van der Waals surface area (Å²) in [6.07, 6.45) is 0. The van der Waals surface area contributed by atoms with Crippen LogP contribution in [0.15, 0.2) is 29.2 Å². The van der Waals surface area contributed by atoms with E-state index >= 15 is 0 Å². The fraction of sp³-hybridized carbons (Fsp3) is 0.300. The lowest BCUT2D eigenvalue weighted by Gasteiger charge is -2.05. The third-order valence-corrected chi connectivity index (χ3v) is 3.96. The second-order valence-corrected chi connectivity index (χ2v) is 5.40. The molecule has 1 aromatic rings. The van der Waals surface area contributed by atoms with Gasteiger partial charge in [0.2, 0.25) is 0 Å². The van der Waals surface area contributed by atoms with Gasteiger partial charge in [-0.05, 0) is 26.0 Å². The van der Waals surface area contributed by atoms with E-state index in [4.69, 9.17) is 5.26 Å². The number of rotatable bonds is 2. The van der Waals surface area contributed by atoms with Crippen LogP contribution in [-0.4, -0.2) is 13.7 Å². The van der Waals surface area contributed by atoms with Crippen LogP contribution in [0.3, 0.4) is 0 Å². The first-order valence-corrected chi connectivity index (χ1v) is 5.73. The van der Waals surface area contributed by atoms with Crippen molar-refractivity contribution >= 4 is 9.84 Å². The Labute approximate surface area is 83.9 Å². The normalized spacial score (nSPS) is 13.2. The van der Waals surface area contributed by atoms with Gasteiger partial charge in [-0.3, -0.25) is 0 Å². The number of benzene rings is 1. The summed E-state index contributed by atoms with van der Waals surface area (Å²) in [5.41, 5.74) is 0.994. The summed E-state index contributed by atoms with van der Waals surface area (Å²) in [7, 11) is -3.47. The van der Waals surface area contributed by atoms with Crippen LogP contribution in [0, 0.1) is 18.3 Å². The highest BCUT2D eigenvalue weighted by molar-refractivity contribution is 7.92. The number of hydrogen-bond acceptors (Lipinski definition) is 3. The average molecular weight is 209 g/mol. The summed E-state index contributed by atoms with van der Waals surface area (Å²) in [6.45, 7) is 3.26. The smallest absolute Gasteiger partial charge is 0.194 e. The van der Waals surface area contributed by atoms with E-state index in [-0.39, 0.29) is 4.90 Å². The first kappa shape index (κ1) is 10.7. The Morgan fingerprint density at radius 3 is 2.21 bits per heavy atom. The maximum Gasteiger partial charge on any atom is 0.194 e. The molecule has 0 bridgehead atoms. The molecule has 0 spiro atoms. The minimum absolute atomic E-state index is 0.206. The zero-order valence-corrected chi connectivity index (χ0v) is 8.88. The van der Waals surface area contributed by atoms with E-state index in [9.17, 15) is 8.42 Å². The predicted molar refractivity (Wildman–Crippen MR) is 53.4 cm³/mol. The molecule has 0 amide bonds. The highest BCUT2D eigenvalue weighted by Gasteiger charge is 2.22. The van der Waals surface area contributed by atoms with Gasteiger partial charge in [0.25, 0.3) is 0 Å². The van der Waals surface area contributed by atoms with E-state index in [0.717, 1.165) is 5.56 Å². The van der Waals surface area contributed by atoms with Crippen LogP contribution < -0.4 is 0 Å². The molecule has 0 aliphatic carbocycles. The lowest BCUT2D eigenvalue weighted by molar-refractivity contribution is 0.592. The van der Waals surface area contributed by atoms with Gasteiger partial charge in [0.05, 0.1) is 11.0 Å². The summed E-state index contributed by atoms with van der Waals surface area (Å²) in [6, 6.07) is 8.22. The molecule has 1 aromatic carbocycles. The van der Waals surface area contributed by atoms with Crippen molar-refractivity contribution in [2.45, 2.75) is 24.0 Å². The van der Waals surface area contributed by atoms with Gasteiger partial charge in [0, 0.05) is 0 Å². The standard InChI is InChI=1S/C10H11NO2S/c1-8-3-5-10(6-4-8)14(12,13)9(2)7-11/h3-6,9H,1-2H3/t9-/m0/s1. The lowest BCUT2D eigenvalue weighted by atomic mass is 10.2. The first-order valence-electron chi connectivity index (χ1n) is 4.18. The molecule has 0 radical (unpaired) electrons. The molecule has 0 saturated heterocycles. The Morgan fingerprint density at radius 1 is 1.29 bits per heavy atom. The largest absolute Gasteiger partial charge is 0.222 e. The SMILES string of the molecule is Cc1ccc(S(=O)(=O)[C@@H](C)C#N)cc1. The van der Waals surface area contributed by atoms with Gasteiger partial charge in [0.1, 0.15) is 5.25 Å². The molecule has 3 nitrogen and oxygen atoms in total. The molecule has 74 valence electrons. The Kier molecular flexibility index (Phi) is 2.92. The van der Waals surface area contributed by atoms with E-state index in [1.165, 1.54) is 19.1 Å². The van der Waals surface area contributed by atoms with Crippen molar-refractivity contribution in [3.63, 3.8) is 0 Å². The molecular weight excluding hydrogens is 198 g/mol. The molecule has 1 rings (SSSR count). The number of sulfone groups is 1. The highest BCUT2D eigenvalue weighted by Crippen LogP contribution is 2.15. The second-order valence-electron chi connectivity index (χ2n) is 3.13. The molecule has 0 heterocycles. The lowest BCUT2D eigenvalue weighted by Crippen LogP contribution is -2.15. The van der Waals surface area contributed by atoms with E-state index in [1.54, 1.807) is 18.2 Å². The van der Waals surface area contributed by atoms with Crippen LogP contribution in [-0.2, 0) is 9.84 Å². The van der Waals surface area contributed by atoms with Crippen LogP contribution in [0.1, 0.15) is 12.5 Å². The Hall–Kier alpha value is -1.34.